The molecule has 24 heavy (non-hydrogen) atoms. The SMILES string of the molecule is CNC1CCCN(C(=O)C2(Sc3ccc(C)cc3)CCCC2)C1.Cl. The van der Waals surface area contributed by atoms with E-state index in [1.54, 1.807) is 11.8 Å². The molecule has 134 valence electrons. The van der Waals surface area contributed by atoms with Crippen LogP contribution in [-0.4, -0.2) is 41.7 Å². The van der Waals surface area contributed by atoms with Crippen molar-refractivity contribution in [3.8, 4) is 0 Å². The Morgan fingerprint density at radius 3 is 2.50 bits per heavy atom. The van der Waals surface area contributed by atoms with Crippen molar-refractivity contribution in [2.24, 2.45) is 0 Å². The number of aryl methyl sites for hydroxylation is 1. The van der Waals surface area contributed by atoms with Crippen LogP contribution in [0.15, 0.2) is 29.2 Å². The number of thioether (sulfide) groups is 1. The Morgan fingerprint density at radius 1 is 1.21 bits per heavy atom. The van der Waals surface area contributed by atoms with E-state index in [0.717, 1.165) is 32.4 Å². The lowest BCUT2D eigenvalue weighted by atomic mass is 10.0. The first-order valence-electron chi connectivity index (χ1n) is 8.85. The van der Waals surface area contributed by atoms with Crippen molar-refractivity contribution in [1.29, 1.82) is 0 Å². The molecule has 1 amide bonds. The molecule has 1 aliphatic heterocycles. The lowest BCUT2D eigenvalue weighted by Gasteiger charge is -2.38. The van der Waals surface area contributed by atoms with Gasteiger partial charge in [-0.15, -0.1) is 24.2 Å². The van der Waals surface area contributed by atoms with Gasteiger partial charge in [0.05, 0.1) is 4.75 Å². The van der Waals surface area contributed by atoms with E-state index in [0.29, 0.717) is 11.9 Å². The van der Waals surface area contributed by atoms with Crippen molar-refractivity contribution in [2.75, 3.05) is 20.1 Å². The Morgan fingerprint density at radius 2 is 1.88 bits per heavy atom. The van der Waals surface area contributed by atoms with Crippen LogP contribution in [0.1, 0.15) is 44.1 Å². The van der Waals surface area contributed by atoms with E-state index < -0.39 is 0 Å². The summed E-state index contributed by atoms with van der Waals surface area (Å²) in [5, 5.41) is 3.35. The zero-order chi connectivity index (χ0) is 16.3. The van der Waals surface area contributed by atoms with Gasteiger partial charge in [-0.2, -0.15) is 0 Å². The molecule has 1 heterocycles. The topological polar surface area (TPSA) is 32.3 Å². The van der Waals surface area contributed by atoms with E-state index in [9.17, 15) is 4.79 Å². The molecule has 3 rings (SSSR count). The number of benzene rings is 1. The normalized spacial score (nSPS) is 22.9. The molecular formula is C19H29ClN2OS. The molecule has 1 aromatic carbocycles. The second-order valence-corrected chi connectivity index (χ2v) is 8.45. The minimum absolute atomic E-state index is 0. The molecular weight excluding hydrogens is 340 g/mol. The Balaban J connectivity index is 0.00000208. The molecule has 1 saturated heterocycles. The number of hydrogen-bond donors (Lipinski definition) is 1. The monoisotopic (exact) mass is 368 g/mol. The second-order valence-electron chi connectivity index (χ2n) is 7.00. The highest BCUT2D eigenvalue weighted by Crippen LogP contribution is 2.46. The van der Waals surface area contributed by atoms with Crippen molar-refractivity contribution >= 4 is 30.1 Å². The van der Waals surface area contributed by atoms with Crippen LogP contribution in [0.5, 0.6) is 0 Å². The van der Waals surface area contributed by atoms with Gasteiger partial charge in [0.15, 0.2) is 0 Å². The van der Waals surface area contributed by atoms with Gasteiger partial charge in [0.2, 0.25) is 5.91 Å². The molecule has 1 aliphatic carbocycles. The summed E-state index contributed by atoms with van der Waals surface area (Å²) in [4.78, 5) is 16.7. The third-order valence-electron chi connectivity index (χ3n) is 5.25. The molecule has 3 nitrogen and oxygen atoms in total. The van der Waals surface area contributed by atoms with Crippen molar-refractivity contribution in [3.05, 3.63) is 29.8 Å². The van der Waals surface area contributed by atoms with Gasteiger partial charge in [-0.3, -0.25) is 4.79 Å². The van der Waals surface area contributed by atoms with Crippen molar-refractivity contribution in [1.82, 2.24) is 10.2 Å². The van der Waals surface area contributed by atoms with Crippen LogP contribution in [0.25, 0.3) is 0 Å². The molecule has 5 heteroatoms. The number of nitrogens with zero attached hydrogens (tertiary/aromatic N) is 1. The summed E-state index contributed by atoms with van der Waals surface area (Å²) in [7, 11) is 2.00. The quantitative estimate of drug-likeness (QED) is 0.870. The van der Waals surface area contributed by atoms with Gasteiger partial charge in [0.25, 0.3) is 0 Å². The molecule has 2 aliphatic rings. The number of nitrogens with one attached hydrogen (secondary N) is 1. The Hall–Kier alpha value is -0.710. The van der Waals surface area contributed by atoms with E-state index in [-0.39, 0.29) is 17.2 Å². The van der Waals surface area contributed by atoms with Crippen molar-refractivity contribution < 1.29 is 4.79 Å². The molecule has 0 radical (unpaired) electrons. The Bertz CT molecular complexity index is 543. The molecule has 2 fully saturated rings. The summed E-state index contributed by atoms with van der Waals surface area (Å²) in [5.74, 6) is 0.375. The summed E-state index contributed by atoms with van der Waals surface area (Å²) in [6, 6.07) is 9.08. The van der Waals surface area contributed by atoms with E-state index in [2.05, 4.69) is 41.4 Å². The van der Waals surface area contributed by atoms with Gasteiger partial charge in [-0.1, -0.05) is 30.5 Å². The molecule has 1 unspecified atom stereocenters. The predicted octanol–water partition coefficient (Wildman–Crippen LogP) is 4.03. The number of likely N-dealkylation sites (tertiary alicyclic amines) is 1. The van der Waals surface area contributed by atoms with Crippen LogP contribution in [0, 0.1) is 6.92 Å². The second kappa shape index (κ2) is 8.59. The average molecular weight is 369 g/mol. The van der Waals surface area contributed by atoms with Gasteiger partial charge in [-0.05, 0) is 51.8 Å². The van der Waals surface area contributed by atoms with E-state index in [4.69, 9.17) is 0 Å². The number of carbonyl (C=O) groups excluding carboxylic acids is 1. The number of carbonyl (C=O) groups is 1. The first-order valence-corrected chi connectivity index (χ1v) is 9.67. The smallest absolute Gasteiger partial charge is 0.239 e. The van der Waals surface area contributed by atoms with Crippen LogP contribution in [0.3, 0.4) is 0 Å². The summed E-state index contributed by atoms with van der Waals surface area (Å²) < 4.78 is -0.231. The lowest BCUT2D eigenvalue weighted by Crippen LogP contribution is -2.52. The van der Waals surface area contributed by atoms with Gasteiger partial charge >= 0.3 is 0 Å². The largest absolute Gasteiger partial charge is 0.340 e. The van der Waals surface area contributed by atoms with Crippen LogP contribution in [0.4, 0.5) is 0 Å². The number of amides is 1. The number of hydrogen-bond acceptors (Lipinski definition) is 3. The standard InChI is InChI=1S/C19H28N2OS.ClH/c1-15-7-9-17(10-8-15)23-19(11-3-4-12-19)18(22)21-13-5-6-16(14-21)20-2;/h7-10,16,20H,3-6,11-14H2,1-2H3;1H. The zero-order valence-corrected chi connectivity index (χ0v) is 16.3. The highest BCUT2D eigenvalue weighted by atomic mass is 35.5. The van der Waals surface area contributed by atoms with Crippen LogP contribution in [-0.2, 0) is 4.79 Å². The minimum Gasteiger partial charge on any atom is -0.340 e. The molecule has 0 bridgehead atoms. The molecule has 1 N–H and O–H groups in total. The zero-order valence-electron chi connectivity index (χ0n) is 14.7. The van der Waals surface area contributed by atoms with Crippen molar-refractivity contribution in [3.63, 3.8) is 0 Å². The van der Waals surface area contributed by atoms with Gasteiger partial charge in [0, 0.05) is 24.0 Å². The first-order chi connectivity index (χ1) is 11.1. The van der Waals surface area contributed by atoms with Crippen LogP contribution < -0.4 is 5.32 Å². The molecule has 0 spiro atoms. The fourth-order valence-electron chi connectivity index (χ4n) is 3.82. The highest BCUT2D eigenvalue weighted by molar-refractivity contribution is 8.01. The lowest BCUT2D eigenvalue weighted by molar-refractivity contribution is -0.135. The number of piperidine rings is 1. The summed E-state index contributed by atoms with van der Waals surface area (Å²) in [6.07, 6.45) is 6.68. The molecule has 1 aromatic rings. The maximum atomic E-state index is 13.3. The molecule has 0 aromatic heterocycles. The minimum atomic E-state index is -0.231. The average Bonchev–Trinajstić information content (AvgIpc) is 3.06. The number of rotatable bonds is 4. The third-order valence-corrected chi connectivity index (χ3v) is 6.73. The number of halogens is 1. The van der Waals surface area contributed by atoms with Crippen LogP contribution >= 0.6 is 24.2 Å². The van der Waals surface area contributed by atoms with Gasteiger partial charge < -0.3 is 10.2 Å². The summed E-state index contributed by atoms with van der Waals surface area (Å²) >= 11 is 1.81. The fourth-order valence-corrected chi connectivity index (χ4v) is 5.26. The van der Waals surface area contributed by atoms with Gasteiger partial charge in [0.1, 0.15) is 0 Å². The highest BCUT2D eigenvalue weighted by Gasteiger charge is 2.45. The Labute approximate surface area is 156 Å². The molecule has 1 saturated carbocycles. The summed E-state index contributed by atoms with van der Waals surface area (Å²) in [5.41, 5.74) is 1.27. The summed E-state index contributed by atoms with van der Waals surface area (Å²) in [6.45, 7) is 3.90. The third kappa shape index (κ3) is 4.27. The van der Waals surface area contributed by atoms with E-state index in [1.807, 2.05) is 7.05 Å². The first kappa shape index (κ1) is 19.6. The fraction of sp³-hybridized carbons (Fsp3) is 0.632. The maximum absolute atomic E-state index is 13.3. The van der Waals surface area contributed by atoms with Crippen LogP contribution in [0.2, 0.25) is 0 Å². The predicted molar refractivity (Wildman–Crippen MR) is 104 cm³/mol. The van der Waals surface area contributed by atoms with Crippen molar-refractivity contribution in [2.45, 2.75) is 61.1 Å². The Kier molecular flexibility index (Phi) is 7.02. The number of likely N-dealkylation sites (N-methyl/N-ethyl adjacent to an activating group) is 1. The van der Waals surface area contributed by atoms with E-state index in [1.165, 1.54) is 29.7 Å². The van der Waals surface area contributed by atoms with Gasteiger partial charge in [-0.25, -0.2) is 0 Å². The van der Waals surface area contributed by atoms with E-state index >= 15 is 0 Å². The maximum Gasteiger partial charge on any atom is 0.239 e. The molecule has 1 atom stereocenters.